The molecule has 0 aromatic rings. The molecule has 9 heavy (non-hydrogen) atoms. The molecule has 0 amide bonds. The molecule has 0 spiro atoms. The molecular weight excluding hydrogens is 112 g/mol. The first-order valence-electron chi connectivity index (χ1n) is 3.74. The summed E-state index contributed by atoms with van der Waals surface area (Å²) >= 11 is 0. The summed E-state index contributed by atoms with van der Waals surface area (Å²) in [5.74, 6) is 3.24. The van der Waals surface area contributed by atoms with E-state index in [1.807, 2.05) is 0 Å². The normalized spacial score (nSPS) is 66.6. The molecule has 3 aliphatic carbocycles. The molecule has 0 radical (unpaired) electrons. The summed E-state index contributed by atoms with van der Waals surface area (Å²) < 4.78 is 0. The lowest BCUT2D eigenvalue weighted by Gasteiger charge is -2.64. The molecule has 0 heterocycles. The van der Waals surface area contributed by atoms with Gasteiger partial charge in [0.1, 0.15) is 0 Å². The van der Waals surface area contributed by atoms with Crippen LogP contribution in [-0.4, -0.2) is 11.2 Å². The smallest absolute Gasteiger partial charge is 0.0580 e. The third kappa shape index (κ3) is 0.304. The Morgan fingerprint density at radius 1 is 1.22 bits per heavy atom. The molecule has 0 aliphatic heterocycles. The number of hydrogen-bond donors (Lipinski definition) is 1. The molecule has 1 nitrogen and oxygen atoms in total. The highest BCUT2D eigenvalue weighted by Crippen LogP contribution is 2.63. The van der Waals surface area contributed by atoms with E-state index >= 15 is 0 Å². The van der Waals surface area contributed by atoms with Gasteiger partial charge < -0.3 is 5.11 Å². The monoisotopic (exact) mass is 122 g/mol. The fourth-order valence-electron chi connectivity index (χ4n) is 2.67. The minimum Gasteiger partial charge on any atom is -0.393 e. The largest absolute Gasteiger partial charge is 0.393 e. The highest BCUT2D eigenvalue weighted by molar-refractivity contribution is 5.26. The quantitative estimate of drug-likeness (QED) is 0.471. The van der Waals surface area contributed by atoms with Crippen molar-refractivity contribution >= 4 is 0 Å². The van der Waals surface area contributed by atoms with Crippen LogP contribution >= 0.6 is 0 Å². The van der Waals surface area contributed by atoms with Crippen LogP contribution in [0.4, 0.5) is 0 Å². The lowest BCUT2D eigenvalue weighted by molar-refractivity contribution is -0.167. The summed E-state index contributed by atoms with van der Waals surface area (Å²) in [7, 11) is 0. The van der Waals surface area contributed by atoms with Crippen molar-refractivity contribution in [1.29, 1.82) is 0 Å². The fourth-order valence-corrected chi connectivity index (χ4v) is 2.67. The molecule has 48 valence electrons. The van der Waals surface area contributed by atoms with Crippen LogP contribution in [0.15, 0.2) is 12.2 Å². The SMILES string of the molecule is O[C@H]1C[C@@H]2[C@H]3C=C[C@@H]3[C@@H]21. The molecule has 1 heteroatoms. The fraction of sp³-hybridized carbons (Fsp3) is 0.750. The maximum atomic E-state index is 9.23. The first-order chi connectivity index (χ1) is 4.38. The topological polar surface area (TPSA) is 20.2 Å². The van der Waals surface area contributed by atoms with Crippen molar-refractivity contribution in [2.75, 3.05) is 0 Å². The molecule has 0 bridgehead atoms. The van der Waals surface area contributed by atoms with E-state index in [1.54, 1.807) is 0 Å². The van der Waals surface area contributed by atoms with Gasteiger partial charge in [-0.2, -0.15) is 0 Å². The van der Waals surface area contributed by atoms with Crippen molar-refractivity contribution in [3.63, 3.8) is 0 Å². The Kier molecular flexibility index (Phi) is 0.552. The third-order valence-corrected chi connectivity index (χ3v) is 3.39. The Hall–Kier alpha value is -0.300. The minimum absolute atomic E-state index is 0.0567. The molecule has 2 saturated carbocycles. The number of fused-ring (bicyclic) bond motifs is 4. The van der Waals surface area contributed by atoms with Crippen molar-refractivity contribution in [3.8, 4) is 0 Å². The van der Waals surface area contributed by atoms with Crippen molar-refractivity contribution in [2.24, 2.45) is 23.7 Å². The molecule has 2 fully saturated rings. The zero-order valence-corrected chi connectivity index (χ0v) is 5.20. The molecule has 3 aliphatic rings. The summed E-state index contributed by atoms with van der Waals surface area (Å²) in [5.41, 5.74) is 0. The molecule has 0 unspecified atom stereocenters. The van der Waals surface area contributed by atoms with E-state index in [9.17, 15) is 5.11 Å². The predicted octanol–water partition coefficient (Wildman–Crippen LogP) is 0.799. The van der Waals surface area contributed by atoms with Gasteiger partial charge in [0, 0.05) is 0 Å². The number of aliphatic hydroxyl groups is 1. The van der Waals surface area contributed by atoms with E-state index in [0.717, 1.165) is 24.2 Å². The Balaban J connectivity index is 1.90. The number of hydrogen-bond acceptors (Lipinski definition) is 1. The second-order valence-electron chi connectivity index (χ2n) is 3.58. The van der Waals surface area contributed by atoms with Gasteiger partial charge >= 0.3 is 0 Å². The summed E-state index contributed by atoms with van der Waals surface area (Å²) in [6, 6.07) is 0. The van der Waals surface area contributed by atoms with Crippen LogP contribution in [-0.2, 0) is 0 Å². The van der Waals surface area contributed by atoms with Crippen molar-refractivity contribution < 1.29 is 5.11 Å². The maximum Gasteiger partial charge on any atom is 0.0580 e. The first-order valence-corrected chi connectivity index (χ1v) is 3.74. The van der Waals surface area contributed by atoms with E-state index in [0.29, 0.717) is 5.92 Å². The molecule has 3 rings (SSSR count). The number of aliphatic hydroxyl groups excluding tert-OH is 1. The lowest BCUT2D eigenvalue weighted by atomic mass is 9.42. The average Bonchev–Trinajstić information content (AvgIpc) is 1.79. The van der Waals surface area contributed by atoms with Crippen LogP contribution < -0.4 is 0 Å². The van der Waals surface area contributed by atoms with E-state index in [1.165, 1.54) is 0 Å². The van der Waals surface area contributed by atoms with E-state index in [-0.39, 0.29) is 6.10 Å². The zero-order chi connectivity index (χ0) is 6.01. The average molecular weight is 122 g/mol. The zero-order valence-electron chi connectivity index (χ0n) is 5.20. The van der Waals surface area contributed by atoms with Gasteiger partial charge in [0.05, 0.1) is 6.10 Å². The van der Waals surface area contributed by atoms with Gasteiger partial charge in [0.25, 0.3) is 0 Å². The lowest BCUT2D eigenvalue weighted by Crippen LogP contribution is -2.62. The molecule has 0 aromatic carbocycles. The van der Waals surface area contributed by atoms with Gasteiger partial charge in [-0.25, -0.2) is 0 Å². The van der Waals surface area contributed by atoms with Crippen LogP contribution in [0.3, 0.4) is 0 Å². The maximum absolute atomic E-state index is 9.23. The molecule has 5 atom stereocenters. The highest BCUT2D eigenvalue weighted by atomic mass is 16.3. The van der Waals surface area contributed by atoms with Gasteiger partial charge in [0.15, 0.2) is 0 Å². The Morgan fingerprint density at radius 3 is 2.33 bits per heavy atom. The summed E-state index contributed by atoms with van der Waals surface area (Å²) in [6.07, 6.45) is 5.70. The highest BCUT2D eigenvalue weighted by Gasteiger charge is 2.61. The Morgan fingerprint density at radius 2 is 2.00 bits per heavy atom. The minimum atomic E-state index is 0.0567. The van der Waals surface area contributed by atoms with E-state index in [2.05, 4.69) is 12.2 Å². The standard InChI is InChI=1S/C8H10O/c9-7-3-6-4-1-2-5(4)8(6)7/h1-2,4-9H,3H2/t4-,5-,6+,7-,8-/m0/s1. The summed E-state index contributed by atoms with van der Waals surface area (Å²) in [5, 5.41) is 9.23. The van der Waals surface area contributed by atoms with Gasteiger partial charge in [-0.3, -0.25) is 0 Å². The van der Waals surface area contributed by atoms with E-state index < -0.39 is 0 Å². The Bertz CT molecular complexity index is 185. The molecular formula is C8H10O. The van der Waals surface area contributed by atoms with Gasteiger partial charge in [0.2, 0.25) is 0 Å². The van der Waals surface area contributed by atoms with Gasteiger partial charge in [-0.05, 0) is 30.1 Å². The first kappa shape index (κ1) is 4.51. The van der Waals surface area contributed by atoms with Crippen LogP contribution in [0.2, 0.25) is 0 Å². The number of allylic oxidation sites excluding steroid dienone is 2. The van der Waals surface area contributed by atoms with Crippen molar-refractivity contribution in [3.05, 3.63) is 12.2 Å². The molecule has 0 saturated heterocycles. The Labute approximate surface area is 54.4 Å². The van der Waals surface area contributed by atoms with Gasteiger partial charge in [-0.1, -0.05) is 12.2 Å². The second kappa shape index (κ2) is 1.10. The second-order valence-corrected chi connectivity index (χ2v) is 3.58. The van der Waals surface area contributed by atoms with Crippen LogP contribution in [0.5, 0.6) is 0 Å². The molecule has 1 N–H and O–H groups in total. The third-order valence-electron chi connectivity index (χ3n) is 3.39. The summed E-state index contributed by atoms with van der Waals surface area (Å²) in [4.78, 5) is 0. The van der Waals surface area contributed by atoms with Crippen LogP contribution in [0.1, 0.15) is 6.42 Å². The van der Waals surface area contributed by atoms with Crippen LogP contribution in [0, 0.1) is 23.7 Å². The molecule has 0 aromatic heterocycles. The predicted molar refractivity (Wildman–Crippen MR) is 33.7 cm³/mol. The van der Waals surface area contributed by atoms with Gasteiger partial charge in [-0.15, -0.1) is 0 Å². The van der Waals surface area contributed by atoms with Crippen molar-refractivity contribution in [1.82, 2.24) is 0 Å². The number of rotatable bonds is 0. The van der Waals surface area contributed by atoms with E-state index in [4.69, 9.17) is 0 Å². The van der Waals surface area contributed by atoms with Crippen molar-refractivity contribution in [2.45, 2.75) is 12.5 Å². The van der Waals surface area contributed by atoms with Crippen LogP contribution in [0.25, 0.3) is 0 Å². The summed E-state index contributed by atoms with van der Waals surface area (Å²) in [6.45, 7) is 0.